The van der Waals surface area contributed by atoms with Crippen LogP contribution in [-0.2, 0) is 15.1 Å². The SMILES string of the molecule is COCCCC[C@@](O)(c1cccc(Cl)c1)[C@@H]1CCCN(C(=O)NC[C@H](N)CC2CCOCC2)C1. The summed E-state index contributed by atoms with van der Waals surface area (Å²) in [4.78, 5) is 14.8. The van der Waals surface area contributed by atoms with Crippen LogP contribution in [0.5, 0.6) is 0 Å². The smallest absolute Gasteiger partial charge is 0.317 e. The van der Waals surface area contributed by atoms with Crippen LogP contribution in [0.2, 0.25) is 5.02 Å². The second-order valence-corrected chi connectivity index (χ2v) is 10.3. The maximum absolute atomic E-state index is 13.0. The Kier molecular flexibility index (Phi) is 10.9. The van der Waals surface area contributed by atoms with Crippen molar-refractivity contribution in [1.29, 1.82) is 0 Å². The first-order valence-corrected chi connectivity index (χ1v) is 13.1. The van der Waals surface area contributed by atoms with Crippen LogP contribution in [0.4, 0.5) is 4.79 Å². The Balaban J connectivity index is 1.59. The molecule has 0 saturated carbocycles. The number of hydrogen-bond acceptors (Lipinski definition) is 5. The van der Waals surface area contributed by atoms with Crippen molar-refractivity contribution in [2.45, 2.75) is 63.0 Å². The van der Waals surface area contributed by atoms with Gasteiger partial charge >= 0.3 is 6.03 Å². The first-order valence-electron chi connectivity index (χ1n) is 12.8. The van der Waals surface area contributed by atoms with Gasteiger partial charge in [0, 0.05) is 63.5 Å². The van der Waals surface area contributed by atoms with Gasteiger partial charge in [0.05, 0.1) is 5.60 Å². The van der Waals surface area contributed by atoms with Gasteiger partial charge in [0.25, 0.3) is 0 Å². The lowest BCUT2D eigenvalue weighted by molar-refractivity contribution is -0.0563. The zero-order valence-corrected chi connectivity index (χ0v) is 21.3. The van der Waals surface area contributed by atoms with Crippen LogP contribution in [0.25, 0.3) is 0 Å². The molecule has 3 rings (SSSR count). The van der Waals surface area contributed by atoms with Crippen LogP contribution >= 0.6 is 11.6 Å². The van der Waals surface area contributed by atoms with E-state index in [2.05, 4.69) is 5.32 Å². The average Bonchev–Trinajstić information content (AvgIpc) is 2.86. The molecule has 1 aromatic rings. The van der Waals surface area contributed by atoms with Crippen molar-refractivity contribution in [3.05, 3.63) is 34.9 Å². The number of likely N-dealkylation sites (tertiary alicyclic amines) is 1. The Labute approximate surface area is 209 Å². The first-order chi connectivity index (χ1) is 16.4. The van der Waals surface area contributed by atoms with Gasteiger partial charge in [-0.05, 0) is 75.0 Å². The van der Waals surface area contributed by atoms with Crippen LogP contribution in [-0.4, -0.2) is 68.6 Å². The van der Waals surface area contributed by atoms with Gasteiger partial charge < -0.3 is 30.5 Å². The van der Waals surface area contributed by atoms with E-state index in [4.69, 9.17) is 26.8 Å². The van der Waals surface area contributed by atoms with E-state index in [1.807, 2.05) is 29.2 Å². The number of nitrogens with two attached hydrogens (primary N) is 1. The lowest BCUT2D eigenvalue weighted by atomic mass is 9.74. The number of amides is 2. The second-order valence-electron chi connectivity index (χ2n) is 9.91. The van der Waals surface area contributed by atoms with Gasteiger partial charge in [-0.25, -0.2) is 4.79 Å². The average molecular weight is 496 g/mol. The molecule has 8 heteroatoms. The van der Waals surface area contributed by atoms with E-state index in [0.717, 1.165) is 63.7 Å². The lowest BCUT2D eigenvalue weighted by Crippen LogP contribution is -2.52. The molecule has 2 aliphatic heterocycles. The zero-order valence-electron chi connectivity index (χ0n) is 20.5. The number of ether oxygens (including phenoxy) is 2. The molecule has 0 unspecified atom stereocenters. The molecule has 0 bridgehead atoms. The Morgan fingerprint density at radius 2 is 2.15 bits per heavy atom. The molecule has 0 aliphatic carbocycles. The Morgan fingerprint density at radius 1 is 1.35 bits per heavy atom. The molecule has 0 spiro atoms. The van der Waals surface area contributed by atoms with E-state index in [9.17, 15) is 9.90 Å². The number of carbonyl (C=O) groups is 1. The minimum Gasteiger partial charge on any atom is -0.385 e. The van der Waals surface area contributed by atoms with Gasteiger partial charge in [0.1, 0.15) is 0 Å². The number of benzene rings is 1. The van der Waals surface area contributed by atoms with E-state index < -0.39 is 5.60 Å². The summed E-state index contributed by atoms with van der Waals surface area (Å²) in [6, 6.07) is 7.34. The summed E-state index contributed by atoms with van der Waals surface area (Å²) < 4.78 is 10.6. The molecular weight excluding hydrogens is 454 g/mol. The van der Waals surface area contributed by atoms with Crippen LogP contribution in [0, 0.1) is 11.8 Å². The summed E-state index contributed by atoms with van der Waals surface area (Å²) in [5.74, 6) is 0.509. The highest BCUT2D eigenvalue weighted by Crippen LogP contribution is 2.40. The topological polar surface area (TPSA) is 97.1 Å². The van der Waals surface area contributed by atoms with E-state index in [1.165, 1.54) is 0 Å². The summed E-state index contributed by atoms with van der Waals surface area (Å²) in [5.41, 5.74) is 6.09. The number of nitrogens with zero attached hydrogens (tertiary/aromatic N) is 1. The van der Waals surface area contributed by atoms with E-state index in [0.29, 0.717) is 43.6 Å². The number of piperidine rings is 1. The summed E-state index contributed by atoms with van der Waals surface area (Å²) in [6.07, 6.45) is 7.02. The third-order valence-electron chi connectivity index (χ3n) is 7.36. The minimum absolute atomic E-state index is 0.0585. The monoisotopic (exact) mass is 495 g/mol. The molecule has 0 aromatic heterocycles. The van der Waals surface area contributed by atoms with Gasteiger partial charge in [0.2, 0.25) is 0 Å². The van der Waals surface area contributed by atoms with Crippen LogP contribution in [0.1, 0.15) is 56.9 Å². The number of nitrogens with one attached hydrogen (secondary N) is 1. The van der Waals surface area contributed by atoms with E-state index >= 15 is 0 Å². The van der Waals surface area contributed by atoms with Crippen molar-refractivity contribution in [1.82, 2.24) is 10.2 Å². The van der Waals surface area contributed by atoms with Crippen LogP contribution in [0.15, 0.2) is 24.3 Å². The fourth-order valence-corrected chi connectivity index (χ4v) is 5.55. The number of rotatable bonds is 11. The van der Waals surface area contributed by atoms with Gasteiger partial charge in [-0.2, -0.15) is 0 Å². The third kappa shape index (κ3) is 7.82. The lowest BCUT2D eigenvalue weighted by Gasteiger charge is -2.43. The number of aliphatic hydroxyl groups is 1. The predicted molar refractivity (Wildman–Crippen MR) is 135 cm³/mol. The van der Waals surface area contributed by atoms with Crippen molar-refractivity contribution in [2.24, 2.45) is 17.6 Å². The van der Waals surface area contributed by atoms with Crippen LogP contribution < -0.4 is 11.1 Å². The van der Waals surface area contributed by atoms with Crippen molar-refractivity contribution in [3.8, 4) is 0 Å². The first kappa shape index (κ1) is 27.2. The largest absolute Gasteiger partial charge is 0.385 e. The van der Waals surface area contributed by atoms with Gasteiger partial charge in [0.15, 0.2) is 0 Å². The standard InChI is InChI=1S/C26H42ClN3O4/c1-33-13-3-2-11-26(32,21-6-4-8-23(27)17-21)22-7-5-12-30(19-22)25(31)29-18-24(28)16-20-9-14-34-15-10-20/h4,6,8,17,20,22,24,32H,2-3,5,7,9-16,18-19,28H2,1H3,(H,29,31)/t22-,24-,26-/m1/s1. The summed E-state index contributed by atoms with van der Waals surface area (Å²) in [7, 11) is 1.69. The molecule has 192 valence electrons. The molecule has 2 saturated heterocycles. The summed E-state index contributed by atoms with van der Waals surface area (Å²) in [5, 5.41) is 15.6. The second kappa shape index (κ2) is 13.6. The van der Waals surface area contributed by atoms with Crippen molar-refractivity contribution in [2.75, 3.05) is 46.6 Å². The van der Waals surface area contributed by atoms with Gasteiger partial charge in [-0.3, -0.25) is 0 Å². The fourth-order valence-electron chi connectivity index (χ4n) is 5.36. The Bertz CT molecular complexity index is 761. The summed E-state index contributed by atoms with van der Waals surface area (Å²) in [6.45, 7) is 3.94. The number of urea groups is 1. The number of carbonyl (C=O) groups excluding carboxylic acids is 1. The van der Waals surface area contributed by atoms with Gasteiger partial charge in [-0.15, -0.1) is 0 Å². The van der Waals surface area contributed by atoms with E-state index in [1.54, 1.807) is 7.11 Å². The molecule has 4 N–H and O–H groups in total. The normalized spacial score (nSPS) is 22.2. The maximum Gasteiger partial charge on any atom is 0.317 e. The number of methoxy groups -OCH3 is 1. The molecule has 2 aliphatic rings. The molecule has 2 fully saturated rings. The van der Waals surface area contributed by atoms with Gasteiger partial charge in [-0.1, -0.05) is 23.7 Å². The zero-order chi connectivity index (χ0) is 24.4. The highest BCUT2D eigenvalue weighted by Gasteiger charge is 2.41. The Morgan fingerprint density at radius 3 is 2.88 bits per heavy atom. The summed E-state index contributed by atoms with van der Waals surface area (Å²) >= 11 is 6.27. The molecule has 2 heterocycles. The van der Waals surface area contributed by atoms with E-state index in [-0.39, 0.29) is 18.0 Å². The molecule has 7 nitrogen and oxygen atoms in total. The molecule has 1 aromatic carbocycles. The third-order valence-corrected chi connectivity index (χ3v) is 7.59. The molecular formula is C26H42ClN3O4. The van der Waals surface area contributed by atoms with Crippen molar-refractivity contribution in [3.63, 3.8) is 0 Å². The molecule has 0 radical (unpaired) electrons. The maximum atomic E-state index is 13.0. The molecule has 3 atom stereocenters. The van der Waals surface area contributed by atoms with Crippen LogP contribution in [0.3, 0.4) is 0 Å². The highest BCUT2D eigenvalue weighted by atomic mass is 35.5. The number of unbranched alkanes of at least 4 members (excludes halogenated alkanes) is 1. The molecule has 2 amide bonds. The fraction of sp³-hybridized carbons (Fsp3) is 0.731. The molecule has 34 heavy (non-hydrogen) atoms. The quantitative estimate of drug-likeness (QED) is 0.404. The Hall–Kier alpha value is -1.38. The minimum atomic E-state index is -1.04. The highest BCUT2D eigenvalue weighted by molar-refractivity contribution is 6.30. The van der Waals surface area contributed by atoms with Crippen molar-refractivity contribution >= 4 is 17.6 Å². The number of hydrogen-bond donors (Lipinski definition) is 3. The van der Waals surface area contributed by atoms with Crippen molar-refractivity contribution < 1.29 is 19.4 Å². The number of halogens is 1. The predicted octanol–water partition coefficient (Wildman–Crippen LogP) is 3.91.